The van der Waals surface area contributed by atoms with Crippen molar-refractivity contribution in [2.75, 3.05) is 7.11 Å². The largest absolute Gasteiger partial charge is 0.493 e. The molecular weight excluding hydrogens is 363 g/mol. The summed E-state index contributed by atoms with van der Waals surface area (Å²) in [6, 6.07) is 8.86. The van der Waals surface area contributed by atoms with Crippen LogP contribution in [-0.2, 0) is 6.54 Å². The molecule has 0 aliphatic carbocycles. The summed E-state index contributed by atoms with van der Waals surface area (Å²) in [5.74, 6) is -0.528. The van der Waals surface area contributed by atoms with Gasteiger partial charge in [0.1, 0.15) is 0 Å². The SMILES string of the molecule is COc1cc(C(=O)NCc2ccc(Cl)cc2Cl)ccc1OC(F)F. The summed E-state index contributed by atoms with van der Waals surface area (Å²) in [4.78, 5) is 12.2. The highest BCUT2D eigenvalue weighted by Crippen LogP contribution is 2.29. The van der Waals surface area contributed by atoms with Gasteiger partial charge in [0.15, 0.2) is 11.5 Å². The Balaban J connectivity index is 2.09. The van der Waals surface area contributed by atoms with Crippen LogP contribution in [0.25, 0.3) is 0 Å². The number of alkyl halides is 2. The van der Waals surface area contributed by atoms with Crippen molar-refractivity contribution in [2.45, 2.75) is 13.2 Å². The fourth-order valence-corrected chi connectivity index (χ4v) is 2.42. The molecule has 0 heterocycles. The van der Waals surface area contributed by atoms with Crippen molar-refractivity contribution in [2.24, 2.45) is 0 Å². The molecule has 0 unspecified atom stereocenters. The average molecular weight is 376 g/mol. The Morgan fingerprint density at radius 3 is 2.54 bits per heavy atom. The number of methoxy groups -OCH3 is 1. The first-order valence-corrected chi connectivity index (χ1v) is 7.51. The lowest BCUT2D eigenvalue weighted by Crippen LogP contribution is -2.23. The molecular formula is C16H13Cl2F2NO3. The van der Waals surface area contributed by atoms with E-state index in [9.17, 15) is 13.6 Å². The number of nitrogens with one attached hydrogen (secondary N) is 1. The predicted molar refractivity (Wildman–Crippen MR) is 87.3 cm³/mol. The normalized spacial score (nSPS) is 10.6. The van der Waals surface area contributed by atoms with Gasteiger partial charge >= 0.3 is 6.61 Å². The molecule has 0 bridgehead atoms. The van der Waals surface area contributed by atoms with E-state index in [4.69, 9.17) is 27.9 Å². The van der Waals surface area contributed by atoms with Gasteiger partial charge in [0.25, 0.3) is 5.91 Å². The maximum atomic E-state index is 12.3. The summed E-state index contributed by atoms with van der Waals surface area (Å²) in [6.45, 7) is -2.79. The van der Waals surface area contributed by atoms with Gasteiger partial charge in [-0.2, -0.15) is 8.78 Å². The first-order valence-electron chi connectivity index (χ1n) is 6.75. The minimum atomic E-state index is -2.98. The van der Waals surface area contributed by atoms with Crippen molar-refractivity contribution in [1.29, 1.82) is 0 Å². The first-order chi connectivity index (χ1) is 11.4. The van der Waals surface area contributed by atoms with Crippen LogP contribution in [0.15, 0.2) is 36.4 Å². The third kappa shape index (κ3) is 4.72. The quantitative estimate of drug-likeness (QED) is 0.806. The number of hydrogen-bond donors (Lipinski definition) is 1. The van der Waals surface area contributed by atoms with E-state index >= 15 is 0 Å². The number of amides is 1. The monoisotopic (exact) mass is 375 g/mol. The lowest BCUT2D eigenvalue weighted by molar-refractivity contribution is -0.0512. The molecule has 0 aliphatic rings. The maximum Gasteiger partial charge on any atom is 0.387 e. The molecule has 0 saturated carbocycles. The van der Waals surface area contributed by atoms with Crippen LogP contribution in [-0.4, -0.2) is 19.6 Å². The Morgan fingerprint density at radius 1 is 1.17 bits per heavy atom. The zero-order valence-electron chi connectivity index (χ0n) is 12.5. The van der Waals surface area contributed by atoms with E-state index in [1.165, 1.54) is 25.3 Å². The van der Waals surface area contributed by atoms with Crippen LogP contribution in [0.4, 0.5) is 8.78 Å². The lowest BCUT2D eigenvalue weighted by atomic mass is 10.1. The second kappa shape index (κ2) is 8.17. The summed E-state index contributed by atoms with van der Waals surface area (Å²) in [7, 11) is 1.29. The fourth-order valence-electron chi connectivity index (χ4n) is 1.94. The molecule has 0 saturated heterocycles. The zero-order valence-corrected chi connectivity index (χ0v) is 14.0. The second-order valence-corrected chi connectivity index (χ2v) is 5.51. The smallest absolute Gasteiger partial charge is 0.387 e. The Morgan fingerprint density at radius 2 is 1.92 bits per heavy atom. The summed E-state index contributed by atoms with van der Waals surface area (Å²) in [5.41, 5.74) is 0.928. The number of carbonyl (C=O) groups excluding carboxylic acids is 1. The molecule has 0 atom stereocenters. The van der Waals surface area contributed by atoms with E-state index in [-0.39, 0.29) is 23.6 Å². The van der Waals surface area contributed by atoms with Gasteiger partial charge in [-0.25, -0.2) is 0 Å². The minimum Gasteiger partial charge on any atom is -0.493 e. The molecule has 2 rings (SSSR count). The summed E-state index contributed by atoms with van der Waals surface area (Å²) >= 11 is 11.8. The lowest BCUT2D eigenvalue weighted by Gasteiger charge is -2.12. The topological polar surface area (TPSA) is 47.6 Å². The van der Waals surface area contributed by atoms with Gasteiger partial charge in [-0.1, -0.05) is 29.3 Å². The molecule has 0 aromatic heterocycles. The van der Waals surface area contributed by atoms with Crippen LogP contribution in [0.3, 0.4) is 0 Å². The molecule has 2 aromatic rings. The van der Waals surface area contributed by atoms with E-state index in [2.05, 4.69) is 10.1 Å². The number of hydrogen-bond acceptors (Lipinski definition) is 3. The highest BCUT2D eigenvalue weighted by molar-refractivity contribution is 6.35. The molecule has 0 fully saturated rings. The van der Waals surface area contributed by atoms with Crippen LogP contribution >= 0.6 is 23.2 Å². The first kappa shape index (κ1) is 18.3. The number of halogens is 4. The molecule has 128 valence electrons. The predicted octanol–water partition coefficient (Wildman–Crippen LogP) is 4.53. The number of carbonyl (C=O) groups is 1. The highest BCUT2D eigenvalue weighted by atomic mass is 35.5. The third-order valence-electron chi connectivity index (χ3n) is 3.10. The van der Waals surface area contributed by atoms with Crippen LogP contribution in [0, 0.1) is 0 Å². The zero-order chi connectivity index (χ0) is 17.7. The van der Waals surface area contributed by atoms with E-state index in [1.54, 1.807) is 18.2 Å². The van der Waals surface area contributed by atoms with Gasteiger partial charge in [0.2, 0.25) is 0 Å². The van der Waals surface area contributed by atoms with Crippen molar-refractivity contribution in [3.05, 3.63) is 57.6 Å². The second-order valence-electron chi connectivity index (χ2n) is 4.66. The van der Waals surface area contributed by atoms with Crippen molar-refractivity contribution in [3.8, 4) is 11.5 Å². The Kier molecular flexibility index (Phi) is 6.23. The summed E-state index contributed by atoms with van der Waals surface area (Å²) in [6.07, 6.45) is 0. The van der Waals surface area contributed by atoms with E-state index in [0.29, 0.717) is 15.6 Å². The molecule has 0 spiro atoms. The van der Waals surface area contributed by atoms with Gasteiger partial charge in [-0.15, -0.1) is 0 Å². The molecule has 0 aliphatic heterocycles. The fraction of sp³-hybridized carbons (Fsp3) is 0.188. The van der Waals surface area contributed by atoms with E-state index in [0.717, 1.165) is 0 Å². The standard InChI is InChI=1S/C16H13Cl2F2NO3/c1-23-14-6-9(3-5-13(14)24-16(19)20)15(22)21-8-10-2-4-11(17)7-12(10)18/h2-7,16H,8H2,1H3,(H,21,22). The number of rotatable bonds is 6. The third-order valence-corrected chi connectivity index (χ3v) is 3.68. The van der Waals surface area contributed by atoms with Gasteiger partial charge in [0, 0.05) is 22.2 Å². The van der Waals surface area contributed by atoms with Crippen LogP contribution in [0.2, 0.25) is 10.0 Å². The highest BCUT2D eigenvalue weighted by Gasteiger charge is 2.14. The van der Waals surface area contributed by atoms with Gasteiger partial charge in [-0.05, 0) is 35.9 Å². The number of benzene rings is 2. The Labute approximate surface area is 147 Å². The van der Waals surface area contributed by atoms with Crippen molar-refractivity contribution >= 4 is 29.1 Å². The van der Waals surface area contributed by atoms with Gasteiger partial charge in [-0.3, -0.25) is 4.79 Å². The Bertz CT molecular complexity index is 741. The van der Waals surface area contributed by atoms with E-state index in [1.807, 2.05) is 0 Å². The molecule has 1 amide bonds. The molecule has 1 N–H and O–H groups in total. The van der Waals surface area contributed by atoms with Crippen LogP contribution in [0.1, 0.15) is 15.9 Å². The molecule has 8 heteroatoms. The maximum absolute atomic E-state index is 12.3. The summed E-state index contributed by atoms with van der Waals surface area (Å²) < 4.78 is 33.8. The van der Waals surface area contributed by atoms with Crippen molar-refractivity contribution in [3.63, 3.8) is 0 Å². The minimum absolute atomic E-state index is 0.0347. The van der Waals surface area contributed by atoms with Crippen LogP contribution < -0.4 is 14.8 Å². The Hall–Kier alpha value is -2.05. The van der Waals surface area contributed by atoms with Gasteiger partial charge in [0.05, 0.1) is 7.11 Å². The van der Waals surface area contributed by atoms with Gasteiger partial charge < -0.3 is 14.8 Å². The molecule has 0 radical (unpaired) electrons. The number of ether oxygens (including phenoxy) is 2. The van der Waals surface area contributed by atoms with Crippen molar-refractivity contribution in [1.82, 2.24) is 5.32 Å². The van der Waals surface area contributed by atoms with Crippen LogP contribution in [0.5, 0.6) is 11.5 Å². The summed E-state index contributed by atoms with van der Waals surface area (Å²) in [5, 5.41) is 3.60. The average Bonchev–Trinajstić information content (AvgIpc) is 2.53. The van der Waals surface area contributed by atoms with E-state index < -0.39 is 12.5 Å². The molecule has 24 heavy (non-hydrogen) atoms. The van der Waals surface area contributed by atoms with Crippen molar-refractivity contribution < 1.29 is 23.0 Å². The molecule has 4 nitrogen and oxygen atoms in total. The molecule has 2 aromatic carbocycles.